The highest BCUT2D eigenvalue weighted by Crippen LogP contribution is 2.23. The van der Waals surface area contributed by atoms with E-state index in [1.54, 1.807) is 42.7 Å². The van der Waals surface area contributed by atoms with Crippen LogP contribution in [-0.2, 0) is 11.2 Å². The zero-order valence-electron chi connectivity index (χ0n) is 20.5. The Bertz CT molecular complexity index is 1810. The van der Waals surface area contributed by atoms with Gasteiger partial charge in [0.15, 0.2) is 5.82 Å². The molecule has 9 nitrogen and oxygen atoms in total. The number of amides is 2. The number of benzene rings is 3. The van der Waals surface area contributed by atoms with E-state index >= 15 is 0 Å². The van der Waals surface area contributed by atoms with Crippen LogP contribution >= 0.6 is 0 Å². The second kappa shape index (κ2) is 10.2. The van der Waals surface area contributed by atoms with E-state index in [1.165, 1.54) is 18.3 Å². The fourth-order valence-corrected chi connectivity index (χ4v) is 4.37. The summed E-state index contributed by atoms with van der Waals surface area (Å²) in [4.78, 5) is 45.5. The SMILES string of the molecule is O=C(NC(Cc1cccc(F)c1)C(=O)Nc1ncc[nH]1)c1ccc2[nH]c(-c3cc4ccccc4cn3)nc2c1. The molecule has 3 heterocycles. The smallest absolute Gasteiger partial charge is 0.252 e. The number of H-pyrrole nitrogens is 2. The van der Waals surface area contributed by atoms with Crippen LogP contribution in [0.4, 0.5) is 10.3 Å². The van der Waals surface area contributed by atoms with Crippen molar-refractivity contribution >= 4 is 39.6 Å². The van der Waals surface area contributed by atoms with Crippen LogP contribution in [0.15, 0.2) is 91.4 Å². The summed E-state index contributed by atoms with van der Waals surface area (Å²) < 4.78 is 13.8. The number of nitrogens with one attached hydrogen (secondary N) is 4. The Morgan fingerprint density at radius 2 is 1.82 bits per heavy atom. The molecule has 3 aromatic carbocycles. The molecule has 0 spiro atoms. The van der Waals surface area contributed by atoms with Crippen molar-refractivity contribution in [1.29, 1.82) is 0 Å². The molecular formula is C29H22FN7O2. The summed E-state index contributed by atoms with van der Waals surface area (Å²) in [6.07, 6.45) is 4.94. The average molecular weight is 520 g/mol. The minimum absolute atomic E-state index is 0.0818. The van der Waals surface area contributed by atoms with Gasteiger partial charge in [-0.05, 0) is 47.3 Å². The van der Waals surface area contributed by atoms with Crippen molar-refractivity contribution in [3.05, 3.63) is 108 Å². The van der Waals surface area contributed by atoms with Gasteiger partial charge in [0, 0.05) is 36.0 Å². The van der Waals surface area contributed by atoms with Crippen molar-refractivity contribution in [3.63, 3.8) is 0 Å². The molecule has 4 N–H and O–H groups in total. The number of anilines is 1. The van der Waals surface area contributed by atoms with Gasteiger partial charge in [-0.25, -0.2) is 14.4 Å². The average Bonchev–Trinajstić information content (AvgIpc) is 3.62. The monoisotopic (exact) mass is 519 g/mol. The molecule has 0 saturated carbocycles. The molecule has 0 bridgehead atoms. The Balaban J connectivity index is 1.25. The highest BCUT2D eigenvalue weighted by molar-refractivity contribution is 6.02. The topological polar surface area (TPSA) is 128 Å². The second-order valence-corrected chi connectivity index (χ2v) is 9.02. The van der Waals surface area contributed by atoms with E-state index in [-0.39, 0.29) is 12.4 Å². The molecule has 39 heavy (non-hydrogen) atoms. The van der Waals surface area contributed by atoms with Crippen molar-refractivity contribution in [2.75, 3.05) is 5.32 Å². The first kappa shape index (κ1) is 24.0. The molecule has 10 heteroatoms. The predicted molar refractivity (Wildman–Crippen MR) is 145 cm³/mol. The summed E-state index contributed by atoms with van der Waals surface area (Å²) in [6.45, 7) is 0. The Hall–Kier alpha value is -5.38. The molecule has 6 aromatic rings. The lowest BCUT2D eigenvalue weighted by Crippen LogP contribution is -2.45. The van der Waals surface area contributed by atoms with Gasteiger partial charge in [0.05, 0.1) is 11.0 Å². The highest BCUT2D eigenvalue weighted by Gasteiger charge is 2.23. The van der Waals surface area contributed by atoms with Gasteiger partial charge in [-0.15, -0.1) is 0 Å². The third-order valence-electron chi connectivity index (χ3n) is 6.31. The van der Waals surface area contributed by atoms with Crippen LogP contribution in [0.25, 0.3) is 33.3 Å². The second-order valence-electron chi connectivity index (χ2n) is 9.02. The summed E-state index contributed by atoms with van der Waals surface area (Å²) in [5.74, 6) is -0.569. The first-order chi connectivity index (χ1) is 19.0. The zero-order valence-corrected chi connectivity index (χ0v) is 20.5. The number of aromatic amines is 2. The van der Waals surface area contributed by atoms with Gasteiger partial charge in [-0.1, -0.05) is 36.4 Å². The number of rotatable bonds is 7. The Morgan fingerprint density at radius 1 is 0.949 bits per heavy atom. The fourth-order valence-electron chi connectivity index (χ4n) is 4.37. The number of halogens is 1. The molecule has 1 unspecified atom stereocenters. The Kier molecular flexibility index (Phi) is 6.26. The third-order valence-corrected chi connectivity index (χ3v) is 6.31. The molecule has 1 atom stereocenters. The van der Waals surface area contributed by atoms with Gasteiger partial charge in [-0.2, -0.15) is 0 Å². The Labute approximate surface area is 221 Å². The van der Waals surface area contributed by atoms with Crippen LogP contribution in [-0.4, -0.2) is 42.8 Å². The lowest BCUT2D eigenvalue weighted by Gasteiger charge is -2.18. The van der Waals surface area contributed by atoms with E-state index in [2.05, 4.69) is 35.6 Å². The lowest BCUT2D eigenvalue weighted by molar-refractivity contribution is -0.118. The van der Waals surface area contributed by atoms with Gasteiger partial charge in [0.2, 0.25) is 11.9 Å². The minimum Gasteiger partial charge on any atom is -0.340 e. The van der Waals surface area contributed by atoms with E-state index in [9.17, 15) is 14.0 Å². The summed E-state index contributed by atoms with van der Waals surface area (Å²) in [7, 11) is 0. The van der Waals surface area contributed by atoms with Crippen LogP contribution in [0.5, 0.6) is 0 Å². The van der Waals surface area contributed by atoms with E-state index < -0.39 is 23.7 Å². The highest BCUT2D eigenvalue weighted by atomic mass is 19.1. The maximum atomic E-state index is 13.8. The maximum Gasteiger partial charge on any atom is 0.252 e. The molecule has 0 aliphatic carbocycles. The molecule has 0 fully saturated rings. The lowest BCUT2D eigenvalue weighted by atomic mass is 10.0. The number of aromatic nitrogens is 5. The van der Waals surface area contributed by atoms with E-state index in [0.717, 1.165) is 16.3 Å². The van der Waals surface area contributed by atoms with Crippen LogP contribution in [0.3, 0.4) is 0 Å². The summed E-state index contributed by atoms with van der Waals surface area (Å²) in [6, 6.07) is 19.8. The van der Waals surface area contributed by atoms with Gasteiger partial charge in [-0.3, -0.25) is 19.9 Å². The minimum atomic E-state index is -0.989. The molecule has 0 radical (unpaired) electrons. The van der Waals surface area contributed by atoms with E-state index in [4.69, 9.17) is 0 Å². The molecular weight excluding hydrogens is 497 g/mol. The van der Waals surface area contributed by atoms with Crippen LogP contribution in [0, 0.1) is 5.82 Å². The number of hydrogen-bond donors (Lipinski definition) is 4. The van der Waals surface area contributed by atoms with Gasteiger partial charge < -0.3 is 15.3 Å². The number of carbonyl (C=O) groups excluding carboxylic acids is 2. The van der Waals surface area contributed by atoms with Crippen LogP contribution in [0.2, 0.25) is 0 Å². The number of pyridine rings is 1. The number of fused-ring (bicyclic) bond motifs is 2. The summed E-state index contributed by atoms with van der Waals surface area (Å²) in [5.41, 5.74) is 2.88. The zero-order chi connectivity index (χ0) is 26.8. The number of nitrogens with zero attached hydrogens (tertiary/aromatic N) is 3. The first-order valence-electron chi connectivity index (χ1n) is 12.2. The fraction of sp³-hybridized carbons (Fsp3) is 0.0690. The van der Waals surface area contributed by atoms with Gasteiger partial charge in [0.1, 0.15) is 17.6 Å². The normalized spacial score (nSPS) is 11.9. The van der Waals surface area contributed by atoms with Gasteiger partial charge >= 0.3 is 0 Å². The molecule has 0 saturated heterocycles. The summed E-state index contributed by atoms with van der Waals surface area (Å²) in [5, 5.41) is 7.48. The van der Waals surface area contributed by atoms with E-state index in [1.807, 2.05) is 30.3 Å². The number of hydrogen-bond acceptors (Lipinski definition) is 5. The van der Waals surface area contributed by atoms with E-state index in [0.29, 0.717) is 28.2 Å². The van der Waals surface area contributed by atoms with Crippen molar-refractivity contribution in [2.45, 2.75) is 12.5 Å². The molecule has 6 rings (SSSR count). The maximum absolute atomic E-state index is 13.8. The quantitative estimate of drug-likeness (QED) is 0.245. The van der Waals surface area contributed by atoms with Crippen LogP contribution < -0.4 is 10.6 Å². The third kappa shape index (κ3) is 5.21. The summed E-state index contributed by atoms with van der Waals surface area (Å²) >= 11 is 0. The predicted octanol–water partition coefficient (Wildman–Crippen LogP) is 4.62. The number of carbonyl (C=O) groups is 2. The van der Waals surface area contributed by atoms with Crippen molar-refractivity contribution in [1.82, 2.24) is 30.2 Å². The molecule has 2 amide bonds. The van der Waals surface area contributed by atoms with Crippen LogP contribution in [0.1, 0.15) is 15.9 Å². The largest absolute Gasteiger partial charge is 0.340 e. The van der Waals surface area contributed by atoms with Crippen molar-refractivity contribution < 1.29 is 14.0 Å². The van der Waals surface area contributed by atoms with Crippen molar-refractivity contribution in [2.24, 2.45) is 0 Å². The number of imidazole rings is 2. The molecule has 3 aromatic heterocycles. The molecule has 192 valence electrons. The molecule has 0 aliphatic heterocycles. The Morgan fingerprint density at radius 3 is 2.64 bits per heavy atom. The standard InChI is InChI=1S/C29H22FN7O2/c30-21-7-3-4-17(12-21)13-25(28(39)37-29-31-10-11-32-29)36-27(38)19-8-9-22-23(15-19)35-26(34-22)24-14-18-5-1-2-6-20(18)16-33-24/h1-12,14-16,25H,13H2,(H,34,35)(H,36,38)(H2,31,32,37,39). The first-order valence-corrected chi connectivity index (χ1v) is 12.2. The van der Waals surface area contributed by atoms with Gasteiger partial charge in [0.25, 0.3) is 5.91 Å². The van der Waals surface area contributed by atoms with Crippen molar-refractivity contribution in [3.8, 4) is 11.5 Å². The molecule has 0 aliphatic rings.